The zero-order chi connectivity index (χ0) is 15.9. The molecule has 0 aliphatic rings. The van der Waals surface area contributed by atoms with Gasteiger partial charge >= 0.3 is 12.0 Å². The molecule has 0 unspecified atom stereocenters. The number of esters is 1. The molecule has 0 radical (unpaired) electrons. The molecule has 6 heteroatoms. The van der Waals surface area contributed by atoms with Crippen molar-refractivity contribution in [3.8, 4) is 0 Å². The number of amides is 2. The molecule has 2 aromatic carbocycles. The molecule has 0 saturated heterocycles. The fraction of sp³-hybridized carbons (Fsp3) is 0.125. The number of para-hydroxylation sites is 1. The van der Waals surface area contributed by atoms with Gasteiger partial charge in [-0.1, -0.05) is 12.1 Å². The van der Waals surface area contributed by atoms with E-state index in [1.165, 1.54) is 0 Å². The van der Waals surface area contributed by atoms with Gasteiger partial charge in [-0.3, -0.25) is 0 Å². The summed E-state index contributed by atoms with van der Waals surface area (Å²) in [5, 5.41) is 5.29. The molecule has 0 aliphatic heterocycles. The van der Waals surface area contributed by atoms with E-state index >= 15 is 0 Å². The molecule has 0 spiro atoms. The molecule has 0 aromatic heterocycles. The molecule has 2 amide bonds. The summed E-state index contributed by atoms with van der Waals surface area (Å²) in [7, 11) is 0. The van der Waals surface area contributed by atoms with Crippen LogP contribution >= 0.6 is 0 Å². The Balaban J connectivity index is 2.08. The lowest BCUT2D eigenvalue weighted by Crippen LogP contribution is -2.21. The van der Waals surface area contributed by atoms with Crippen molar-refractivity contribution in [2.24, 2.45) is 0 Å². The van der Waals surface area contributed by atoms with Crippen molar-refractivity contribution in [2.45, 2.75) is 6.92 Å². The first kappa shape index (κ1) is 15.4. The highest BCUT2D eigenvalue weighted by molar-refractivity contribution is 6.05. The van der Waals surface area contributed by atoms with Crippen LogP contribution in [0, 0.1) is 0 Å². The van der Waals surface area contributed by atoms with Crippen LogP contribution < -0.4 is 16.4 Å². The van der Waals surface area contributed by atoms with Crippen molar-refractivity contribution in [3.63, 3.8) is 0 Å². The number of nitrogen functional groups attached to an aromatic ring is 1. The topological polar surface area (TPSA) is 93.4 Å². The number of carbonyl (C=O) groups excluding carboxylic acids is 2. The zero-order valence-electron chi connectivity index (χ0n) is 12.1. The first-order valence-electron chi connectivity index (χ1n) is 6.80. The maximum atomic E-state index is 12.0. The molecular formula is C16H17N3O3. The van der Waals surface area contributed by atoms with Crippen LogP contribution in [0.3, 0.4) is 0 Å². The van der Waals surface area contributed by atoms with Gasteiger partial charge in [0.05, 0.1) is 17.9 Å². The summed E-state index contributed by atoms with van der Waals surface area (Å²) in [6, 6.07) is 12.9. The van der Waals surface area contributed by atoms with Crippen molar-refractivity contribution in [1.82, 2.24) is 0 Å². The van der Waals surface area contributed by atoms with E-state index < -0.39 is 12.0 Å². The molecular weight excluding hydrogens is 282 g/mol. The number of benzene rings is 2. The first-order chi connectivity index (χ1) is 10.6. The van der Waals surface area contributed by atoms with Crippen molar-refractivity contribution in [2.75, 3.05) is 23.0 Å². The first-order valence-corrected chi connectivity index (χ1v) is 6.80. The molecule has 2 aromatic rings. The third-order valence-electron chi connectivity index (χ3n) is 2.84. The summed E-state index contributed by atoms with van der Waals surface area (Å²) in [4.78, 5) is 23.8. The molecule has 0 bridgehead atoms. The molecule has 114 valence electrons. The molecule has 2 rings (SSSR count). The van der Waals surface area contributed by atoms with Gasteiger partial charge in [-0.15, -0.1) is 0 Å². The molecule has 4 N–H and O–H groups in total. The summed E-state index contributed by atoms with van der Waals surface area (Å²) >= 11 is 0. The number of ether oxygens (including phenoxy) is 1. The van der Waals surface area contributed by atoms with E-state index in [0.717, 1.165) is 0 Å². The molecule has 0 aliphatic carbocycles. The second kappa shape index (κ2) is 7.12. The van der Waals surface area contributed by atoms with Crippen LogP contribution in [-0.2, 0) is 4.74 Å². The van der Waals surface area contributed by atoms with Crippen LogP contribution in [0.15, 0.2) is 48.5 Å². The van der Waals surface area contributed by atoms with Crippen molar-refractivity contribution < 1.29 is 14.3 Å². The van der Waals surface area contributed by atoms with Gasteiger partial charge in [-0.25, -0.2) is 9.59 Å². The highest BCUT2D eigenvalue weighted by Crippen LogP contribution is 2.17. The minimum Gasteiger partial charge on any atom is -0.462 e. The Morgan fingerprint density at radius 1 is 1.05 bits per heavy atom. The highest BCUT2D eigenvalue weighted by atomic mass is 16.5. The van der Waals surface area contributed by atoms with Crippen LogP contribution in [0.5, 0.6) is 0 Å². The van der Waals surface area contributed by atoms with E-state index in [0.29, 0.717) is 22.6 Å². The normalized spacial score (nSPS) is 9.86. The zero-order valence-corrected chi connectivity index (χ0v) is 12.1. The third kappa shape index (κ3) is 3.99. The number of hydrogen-bond acceptors (Lipinski definition) is 4. The Labute approximate surface area is 128 Å². The molecule has 6 nitrogen and oxygen atoms in total. The predicted octanol–water partition coefficient (Wildman–Crippen LogP) is 3.09. The second-order valence-corrected chi connectivity index (χ2v) is 4.47. The maximum absolute atomic E-state index is 12.0. The molecule has 0 saturated carbocycles. The lowest BCUT2D eigenvalue weighted by atomic mass is 10.2. The Hall–Kier alpha value is -3.02. The molecule has 22 heavy (non-hydrogen) atoms. The van der Waals surface area contributed by atoms with Gasteiger partial charge in [0.15, 0.2) is 0 Å². The standard InChI is InChI=1S/C16H17N3O3/c1-2-22-15(20)13-5-3-4-6-14(13)19-16(21)18-12-9-7-11(17)8-10-12/h3-10H,2,17H2,1H3,(H2,18,19,21). The van der Waals surface area contributed by atoms with Crippen LogP contribution in [0.2, 0.25) is 0 Å². The number of rotatable bonds is 4. The summed E-state index contributed by atoms with van der Waals surface area (Å²) in [6.45, 7) is 1.99. The SMILES string of the molecule is CCOC(=O)c1ccccc1NC(=O)Nc1ccc(N)cc1. The van der Waals surface area contributed by atoms with Gasteiger partial charge in [0.25, 0.3) is 0 Å². The monoisotopic (exact) mass is 299 g/mol. The number of urea groups is 1. The summed E-state index contributed by atoms with van der Waals surface area (Å²) in [6.07, 6.45) is 0. The number of carbonyl (C=O) groups is 2. The van der Waals surface area contributed by atoms with Crippen molar-refractivity contribution >= 4 is 29.1 Å². The minimum absolute atomic E-state index is 0.269. The van der Waals surface area contributed by atoms with E-state index in [4.69, 9.17) is 10.5 Å². The fourth-order valence-corrected chi connectivity index (χ4v) is 1.83. The number of nitrogens with one attached hydrogen (secondary N) is 2. The van der Waals surface area contributed by atoms with E-state index in [1.54, 1.807) is 55.5 Å². The van der Waals surface area contributed by atoms with Crippen molar-refractivity contribution in [3.05, 3.63) is 54.1 Å². The van der Waals surface area contributed by atoms with Gasteiger partial charge < -0.3 is 21.1 Å². The van der Waals surface area contributed by atoms with Crippen LogP contribution in [0.25, 0.3) is 0 Å². The lowest BCUT2D eigenvalue weighted by Gasteiger charge is -2.11. The Bertz CT molecular complexity index is 669. The fourth-order valence-electron chi connectivity index (χ4n) is 1.83. The van der Waals surface area contributed by atoms with E-state index in [9.17, 15) is 9.59 Å². The molecule has 0 atom stereocenters. The van der Waals surface area contributed by atoms with Gasteiger partial charge in [0, 0.05) is 11.4 Å². The second-order valence-electron chi connectivity index (χ2n) is 4.47. The van der Waals surface area contributed by atoms with Crippen molar-refractivity contribution in [1.29, 1.82) is 0 Å². The maximum Gasteiger partial charge on any atom is 0.340 e. The van der Waals surface area contributed by atoms with Gasteiger partial charge in [0.2, 0.25) is 0 Å². The number of hydrogen-bond donors (Lipinski definition) is 3. The molecule has 0 fully saturated rings. The number of nitrogens with two attached hydrogens (primary N) is 1. The summed E-state index contributed by atoms with van der Waals surface area (Å²) in [5.41, 5.74) is 7.48. The van der Waals surface area contributed by atoms with E-state index in [2.05, 4.69) is 10.6 Å². The minimum atomic E-state index is -0.481. The average molecular weight is 299 g/mol. The predicted molar refractivity (Wildman–Crippen MR) is 85.9 cm³/mol. The van der Waals surface area contributed by atoms with Crippen LogP contribution in [0.4, 0.5) is 21.9 Å². The highest BCUT2D eigenvalue weighted by Gasteiger charge is 2.13. The smallest absolute Gasteiger partial charge is 0.340 e. The largest absolute Gasteiger partial charge is 0.462 e. The Kier molecular flexibility index (Phi) is 4.98. The lowest BCUT2D eigenvalue weighted by molar-refractivity contribution is 0.0527. The van der Waals surface area contributed by atoms with Gasteiger partial charge in [-0.05, 0) is 43.3 Å². The van der Waals surface area contributed by atoms with E-state index in [1.807, 2.05) is 0 Å². The van der Waals surface area contributed by atoms with Crippen LogP contribution in [0.1, 0.15) is 17.3 Å². The Morgan fingerprint density at radius 3 is 2.41 bits per heavy atom. The van der Waals surface area contributed by atoms with Crippen LogP contribution in [-0.4, -0.2) is 18.6 Å². The average Bonchev–Trinajstić information content (AvgIpc) is 2.50. The summed E-state index contributed by atoms with van der Waals surface area (Å²) in [5.74, 6) is -0.481. The third-order valence-corrected chi connectivity index (χ3v) is 2.84. The summed E-state index contributed by atoms with van der Waals surface area (Å²) < 4.78 is 4.96. The number of anilines is 3. The van der Waals surface area contributed by atoms with E-state index in [-0.39, 0.29) is 6.61 Å². The molecule has 0 heterocycles. The quantitative estimate of drug-likeness (QED) is 0.597. The van der Waals surface area contributed by atoms with Gasteiger partial charge in [0.1, 0.15) is 0 Å². The Morgan fingerprint density at radius 2 is 1.73 bits per heavy atom. The van der Waals surface area contributed by atoms with Gasteiger partial charge in [-0.2, -0.15) is 0 Å².